The lowest BCUT2D eigenvalue weighted by atomic mass is 9.97. The molecule has 0 spiro atoms. The zero-order chi connectivity index (χ0) is 13.9. The van der Waals surface area contributed by atoms with Gasteiger partial charge in [0.15, 0.2) is 5.15 Å². The first-order valence-electron chi connectivity index (χ1n) is 6.47. The number of hydrogen-bond donors (Lipinski definition) is 2. The SMILES string of the molecule is O=C(CC1CNc2ccccc21)Nc1cccnc1Cl. The van der Waals surface area contributed by atoms with Crippen LogP contribution in [0.5, 0.6) is 0 Å². The minimum absolute atomic E-state index is 0.0524. The number of fused-ring (bicyclic) bond motifs is 1. The van der Waals surface area contributed by atoms with Crippen LogP contribution >= 0.6 is 11.6 Å². The van der Waals surface area contributed by atoms with Crippen LogP contribution < -0.4 is 10.6 Å². The molecule has 3 rings (SSSR count). The van der Waals surface area contributed by atoms with Crippen LogP contribution in [0.1, 0.15) is 17.9 Å². The zero-order valence-electron chi connectivity index (χ0n) is 10.8. The van der Waals surface area contributed by atoms with Crippen LogP contribution in [-0.4, -0.2) is 17.4 Å². The van der Waals surface area contributed by atoms with E-state index in [1.807, 2.05) is 18.2 Å². The van der Waals surface area contributed by atoms with Gasteiger partial charge in [0.2, 0.25) is 5.91 Å². The molecule has 5 heteroatoms. The minimum Gasteiger partial charge on any atom is -0.384 e. The van der Waals surface area contributed by atoms with Crippen molar-refractivity contribution in [2.45, 2.75) is 12.3 Å². The van der Waals surface area contributed by atoms with Gasteiger partial charge in [0.25, 0.3) is 0 Å². The zero-order valence-corrected chi connectivity index (χ0v) is 11.5. The number of halogens is 1. The number of nitrogens with one attached hydrogen (secondary N) is 2. The van der Waals surface area contributed by atoms with Gasteiger partial charge >= 0.3 is 0 Å². The number of carbonyl (C=O) groups is 1. The summed E-state index contributed by atoms with van der Waals surface area (Å²) >= 11 is 5.93. The van der Waals surface area contributed by atoms with Crippen molar-refractivity contribution in [3.63, 3.8) is 0 Å². The molecular formula is C15H14ClN3O. The summed E-state index contributed by atoms with van der Waals surface area (Å²) in [7, 11) is 0. The lowest BCUT2D eigenvalue weighted by molar-refractivity contribution is -0.116. The van der Waals surface area contributed by atoms with Gasteiger partial charge in [-0.15, -0.1) is 0 Å². The molecule has 2 aromatic rings. The highest BCUT2D eigenvalue weighted by Crippen LogP contribution is 2.33. The molecule has 0 saturated carbocycles. The number of amides is 1. The Labute approximate surface area is 122 Å². The molecule has 1 atom stereocenters. The van der Waals surface area contributed by atoms with E-state index in [0.717, 1.165) is 12.2 Å². The van der Waals surface area contributed by atoms with Crippen LogP contribution in [-0.2, 0) is 4.79 Å². The highest BCUT2D eigenvalue weighted by molar-refractivity contribution is 6.32. The summed E-state index contributed by atoms with van der Waals surface area (Å²) < 4.78 is 0. The Morgan fingerprint density at radius 3 is 3.05 bits per heavy atom. The van der Waals surface area contributed by atoms with Crippen LogP contribution in [0.25, 0.3) is 0 Å². The predicted octanol–water partition coefficient (Wildman–Crippen LogP) is 3.27. The van der Waals surface area contributed by atoms with Crippen molar-refractivity contribution in [2.75, 3.05) is 17.2 Å². The van der Waals surface area contributed by atoms with E-state index in [-0.39, 0.29) is 11.8 Å². The van der Waals surface area contributed by atoms with Gasteiger partial charge in [0.1, 0.15) is 0 Å². The number of carbonyl (C=O) groups excluding carboxylic acids is 1. The number of rotatable bonds is 3. The van der Waals surface area contributed by atoms with Crippen LogP contribution in [0, 0.1) is 0 Å². The molecule has 1 aliphatic rings. The first kappa shape index (κ1) is 12.9. The van der Waals surface area contributed by atoms with Gasteiger partial charge in [-0.1, -0.05) is 29.8 Å². The number of pyridine rings is 1. The maximum atomic E-state index is 12.1. The van der Waals surface area contributed by atoms with E-state index < -0.39 is 0 Å². The van der Waals surface area contributed by atoms with E-state index in [1.54, 1.807) is 18.3 Å². The fourth-order valence-corrected chi connectivity index (χ4v) is 2.61. The molecule has 1 aliphatic heterocycles. The standard InChI is InChI=1S/C15H14ClN3O/c16-15-13(6-3-7-17-15)19-14(20)8-10-9-18-12-5-2-1-4-11(10)12/h1-7,10,18H,8-9H2,(H,19,20). The number of nitrogens with zero attached hydrogens (tertiary/aromatic N) is 1. The van der Waals surface area contributed by atoms with Gasteiger partial charge in [0.05, 0.1) is 5.69 Å². The Morgan fingerprint density at radius 1 is 1.35 bits per heavy atom. The molecule has 0 aliphatic carbocycles. The second-order valence-corrected chi connectivity index (χ2v) is 5.12. The quantitative estimate of drug-likeness (QED) is 0.852. The Morgan fingerprint density at radius 2 is 2.20 bits per heavy atom. The number of para-hydroxylation sites is 1. The largest absolute Gasteiger partial charge is 0.384 e. The highest BCUT2D eigenvalue weighted by atomic mass is 35.5. The van der Waals surface area contributed by atoms with Gasteiger partial charge < -0.3 is 10.6 Å². The molecule has 1 unspecified atom stereocenters. The number of benzene rings is 1. The monoisotopic (exact) mass is 287 g/mol. The van der Waals surface area contributed by atoms with Crippen LogP contribution in [0.3, 0.4) is 0 Å². The Hall–Kier alpha value is -2.07. The van der Waals surface area contributed by atoms with Gasteiger partial charge in [0, 0.05) is 30.8 Å². The molecule has 0 radical (unpaired) electrons. The Balaban J connectivity index is 1.68. The first-order valence-corrected chi connectivity index (χ1v) is 6.85. The van der Waals surface area contributed by atoms with Crippen molar-refractivity contribution in [1.29, 1.82) is 0 Å². The van der Waals surface area contributed by atoms with Gasteiger partial charge in [-0.3, -0.25) is 4.79 Å². The molecule has 0 bridgehead atoms. The fourth-order valence-electron chi connectivity index (χ4n) is 2.44. The van der Waals surface area contributed by atoms with Crippen molar-refractivity contribution in [2.24, 2.45) is 0 Å². The minimum atomic E-state index is -0.0524. The fraction of sp³-hybridized carbons (Fsp3) is 0.200. The second kappa shape index (κ2) is 5.51. The lowest BCUT2D eigenvalue weighted by Crippen LogP contribution is -2.17. The molecule has 1 aromatic heterocycles. The van der Waals surface area contributed by atoms with E-state index >= 15 is 0 Å². The second-order valence-electron chi connectivity index (χ2n) is 4.76. The average Bonchev–Trinajstić information content (AvgIpc) is 2.85. The molecule has 1 aromatic carbocycles. The summed E-state index contributed by atoms with van der Waals surface area (Å²) in [6, 6.07) is 11.6. The van der Waals surface area contributed by atoms with Crippen LogP contribution in [0.4, 0.5) is 11.4 Å². The van der Waals surface area contributed by atoms with Crippen molar-refractivity contribution < 1.29 is 4.79 Å². The van der Waals surface area contributed by atoms with Gasteiger partial charge in [-0.2, -0.15) is 0 Å². The van der Waals surface area contributed by atoms with E-state index in [4.69, 9.17) is 11.6 Å². The van der Waals surface area contributed by atoms with E-state index in [0.29, 0.717) is 17.3 Å². The maximum absolute atomic E-state index is 12.1. The topological polar surface area (TPSA) is 54.0 Å². The highest BCUT2D eigenvalue weighted by Gasteiger charge is 2.24. The summed E-state index contributed by atoms with van der Waals surface area (Å²) in [5, 5.41) is 6.43. The van der Waals surface area contributed by atoms with Gasteiger partial charge in [-0.05, 0) is 23.8 Å². The predicted molar refractivity (Wildman–Crippen MR) is 80.2 cm³/mol. The molecular weight excluding hydrogens is 274 g/mol. The van der Waals surface area contributed by atoms with Crippen molar-refractivity contribution >= 4 is 28.9 Å². The van der Waals surface area contributed by atoms with Crippen LogP contribution in [0.15, 0.2) is 42.6 Å². The van der Waals surface area contributed by atoms with Crippen molar-refractivity contribution in [3.05, 3.63) is 53.3 Å². The van der Waals surface area contributed by atoms with Gasteiger partial charge in [-0.25, -0.2) is 4.98 Å². The molecule has 20 heavy (non-hydrogen) atoms. The molecule has 2 heterocycles. The van der Waals surface area contributed by atoms with Crippen molar-refractivity contribution in [3.8, 4) is 0 Å². The number of aromatic nitrogens is 1. The number of hydrogen-bond acceptors (Lipinski definition) is 3. The molecule has 102 valence electrons. The van der Waals surface area contributed by atoms with Crippen LogP contribution in [0.2, 0.25) is 5.15 Å². The van der Waals surface area contributed by atoms with E-state index in [1.165, 1.54) is 5.56 Å². The summed E-state index contributed by atoms with van der Waals surface area (Å²) in [6.07, 6.45) is 2.02. The summed E-state index contributed by atoms with van der Waals surface area (Å²) in [5.41, 5.74) is 2.86. The van der Waals surface area contributed by atoms with E-state index in [2.05, 4.69) is 21.7 Å². The summed E-state index contributed by atoms with van der Waals surface area (Å²) in [5.74, 6) is 0.144. The third-order valence-corrected chi connectivity index (χ3v) is 3.71. The summed E-state index contributed by atoms with van der Waals surface area (Å²) in [6.45, 7) is 0.785. The third-order valence-electron chi connectivity index (χ3n) is 3.40. The lowest BCUT2D eigenvalue weighted by Gasteiger charge is -2.11. The maximum Gasteiger partial charge on any atom is 0.225 e. The Kier molecular flexibility index (Phi) is 3.56. The smallest absolute Gasteiger partial charge is 0.225 e. The molecule has 1 amide bonds. The first-order chi connectivity index (χ1) is 9.74. The number of anilines is 2. The normalized spacial score (nSPS) is 16.4. The van der Waals surface area contributed by atoms with E-state index in [9.17, 15) is 4.79 Å². The third kappa shape index (κ3) is 2.60. The molecule has 0 fully saturated rings. The summed E-state index contributed by atoms with van der Waals surface area (Å²) in [4.78, 5) is 16.0. The molecule has 0 saturated heterocycles. The van der Waals surface area contributed by atoms with Crippen molar-refractivity contribution in [1.82, 2.24) is 4.98 Å². The molecule has 2 N–H and O–H groups in total. The molecule has 4 nitrogen and oxygen atoms in total. The average molecular weight is 288 g/mol. The Bertz CT molecular complexity index is 645.